The molecular formula is C40H57N6O4S+. The van der Waals surface area contributed by atoms with Gasteiger partial charge in [-0.1, -0.05) is 77.6 Å². The molecule has 1 aliphatic heterocycles. The van der Waals surface area contributed by atoms with Crippen LogP contribution >= 0.6 is 11.3 Å². The molecule has 1 aromatic carbocycles. The van der Waals surface area contributed by atoms with Crippen molar-refractivity contribution in [3.8, 4) is 11.4 Å². The molecule has 0 spiro atoms. The summed E-state index contributed by atoms with van der Waals surface area (Å²) in [5.41, 5.74) is 6.33. The van der Waals surface area contributed by atoms with Crippen LogP contribution in [0.2, 0.25) is 0 Å². The van der Waals surface area contributed by atoms with Crippen molar-refractivity contribution >= 4 is 34.8 Å². The van der Waals surface area contributed by atoms with Crippen molar-refractivity contribution in [2.24, 2.45) is 17.8 Å². The first-order valence-electron chi connectivity index (χ1n) is 18.8. The summed E-state index contributed by atoms with van der Waals surface area (Å²) in [6.45, 7) is 11.0. The van der Waals surface area contributed by atoms with Crippen molar-refractivity contribution in [2.45, 2.75) is 109 Å². The first-order chi connectivity index (χ1) is 24.4. The fourth-order valence-electron chi connectivity index (χ4n) is 7.68. The molecule has 2 atom stereocenters. The van der Waals surface area contributed by atoms with Crippen LogP contribution in [-0.2, 0) is 21.4 Å². The van der Waals surface area contributed by atoms with Crippen LogP contribution in [0.15, 0.2) is 48.8 Å². The second-order valence-electron chi connectivity index (χ2n) is 15.5. The van der Waals surface area contributed by atoms with Gasteiger partial charge >= 0.3 is 5.97 Å². The number of carbonyl (C=O) groups is 3. The van der Waals surface area contributed by atoms with Crippen LogP contribution in [-0.4, -0.2) is 64.6 Å². The first kappa shape index (κ1) is 38.4. The first-order valence-corrected chi connectivity index (χ1v) is 19.7. The summed E-state index contributed by atoms with van der Waals surface area (Å²) in [6, 6.07) is 9.25. The number of nitrogens with zero attached hydrogens (tertiary/aromatic N) is 3. The molecule has 3 heterocycles. The van der Waals surface area contributed by atoms with Gasteiger partial charge in [-0.25, -0.2) is 14.8 Å². The normalized spacial score (nSPS) is 19.7. The minimum Gasteiger partial charge on any atom is -0.480 e. The minimum absolute atomic E-state index is 0.113. The van der Waals surface area contributed by atoms with Gasteiger partial charge in [0.15, 0.2) is 5.82 Å². The summed E-state index contributed by atoms with van der Waals surface area (Å²) >= 11 is 1.39. The third-order valence-corrected chi connectivity index (χ3v) is 12.3. The highest BCUT2D eigenvalue weighted by Gasteiger charge is 2.31. The van der Waals surface area contributed by atoms with Crippen molar-refractivity contribution in [2.75, 3.05) is 24.5 Å². The summed E-state index contributed by atoms with van der Waals surface area (Å²) in [6.07, 6.45) is 15.0. The van der Waals surface area contributed by atoms with E-state index in [1.165, 1.54) is 62.7 Å². The molecule has 2 aliphatic rings. The maximum absolute atomic E-state index is 13.4. The lowest BCUT2D eigenvalue weighted by molar-refractivity contribution is -0.368. The smallest absolute Gasteiger partial charge is 0.326 e. The second-order valence-corrected chi connectivity index (χ2v) is 16.6. The number of nitrogens with one attached hydrogen (secondary N) is 2. The molecule has 2 amide bonds. The average Bonchev–Trinajstić information content (AvgIpc) is 3.64. The van der Waals surface area contributed by atoms with Crippen LogP contribution in [0.1, 0.15) is 106 Å². The van der Waals surface area contributed by atoms with E-state index in [1.807, 2.05) is 42.7 Å². The largest absolute Gasteiger partial charge is 0.480 e. The molecule has 10 nitrogen and oxygen atoms in total. The van der Waals surface area contributed by atoms with Gasteiger partial charge in [-0.2, -0.15) is 0 Å². The number of aliphatic carboxylic acids is 1. The third kappa shape index (κ3) is 10.4. The Morgan fingerprint density at radius 2 is 1.57 bits per heavy atom. The summed E-state index contributed by atoms with van der Waals surface area (Å²) < 4.78 is 0. The molecule has 276 valence electrons. The number of anilines is 1. The van der Waals surface area contributed by atoms with E-state index < -0.39 is 24.0 Å². The fourth-order valence-corrected chi connectivity index (χ4v) is 8.65. The van der Waals surface area contributed by atoms with Crippen LogP contribution in [0.4, 0.5) is 5.69 Å². The zero-order valence-corrected chi connectivity index (χ0v) is 31.6. The average molecular weight is 718 g/mol. The van der Waals surface area contributed by atoms with Crippen molar-refractivity contribution in [1.29, 1.82) is 0 Å². The molecule has 51 heavy (non-hydrogen) atoms. The lowest BCUT2D eigenvalue weighted by Gasteiger charge is -2.39. The van der Waals surface area contributed by atoms with Crippen molar-refractivity contribution in [3.05, 3.63) is 64.1 Å². The maximum Gasteiger partial charge on any atom is 0.326 e. The van der Waals surface area contributed by atoms with Gasteiger partial charge in [0, 0.05) is 36.4 Å². The molecule has 6 N–H and O–H groups in total. The quantitative estimate of drug-likeness (QED) is 0.163. The fraction of sp³-hybridized carbons (Fsp3) is 0.575. The van der Waals surface area contributed by atoms with Gasteiger partial charge in [-0.15, -0.1) is 11.3 Å². The number of amides is 2. The SMILES string of the molecule is CCCC1CCC(C2CCN(c3cnc(-c4ccc(C[C@H](NC(=O)c5ccc(C(C)(C)C)s5)C(=O)NC(CC[NH3+])C(=O)O)cc4)nc3)CC2)CC1. The number of hydrogen-bond acceptors (Lipinski definition) is 7. The Labute approximate surface area is 307 Å². The van der Waals surface area contributed by atoms with E-state index in [1.54, 1.807) is 6.07 Å². The van der Waals surface area contributed by atoms with Gasteiger partial charge in [0.25, 0.3) is 5.91 Å². The predicted molar refractivity (Wildman–Crippen MR) is 203 cm³/mol. The lowest BCUT2D eigenvalue weighted by atomic mass is 9.72. The van der Waals surface area contributed by atoms with Gasteiger partial charge in [0.1, 0.15) is 12.1 Å². The maximum atomic E-state index is 13.4. The molecule has 2 aromatic heterocycles. The number of piperidine rings is 1. The zero-order chi connectivity index (χ0) is 36.5. The molecule has 5 rings (SSSR count). The number of carboxylic acid groups (broad SMARTS) is 1. The molecular weight excluding hydrogens is 661 g/mol. The second kappa shape index (κ2) is 17.6. The Bertz CT molecular complexity index is 1590. The van der Waals surface area contributed by atoms with E-state index in [0.29, 0.717) is 17.2 Å². The number of quaternary nitrogens is 1. The van der Waals surface area contributed by atoms with E-state index in [4.69, 9.17) is 9.97 Å². The van der Waals surface area contributed by atoms with Crippen molar-refractivity contribution in [3.63, 3.8) is 0 Å². The Hall–Kier alpha value is -3.83. The molecule has 2 fully saturated rings. The summed E-state index contributed by atoms with van der Waals surface area (Å²) in [7, 11) is 0. The van der Waals surface area contributed by atoms with E-state index in [-0.39, 0.29) is 24.2 Å². The van der Waals surface area contributed by atoms with Crippen molar-refractivity contribution < 1.29 is 25.2 Å². The number of carboxylic acids is 1. The molecule has 1 aliphatic carbocycles. The number of carbonyl (C=O) groups excluding carboxylic acids is 2. The Morgan fingerprint density at radius 3 is 2.14 bits per heavy atom. The molecule has 3 aromatic rings. The van der Waals surface area contributed by atoms with Gasteiger partial charge in [0.2, 0.25) is 5.91 Å². The number of rotatable bonds is 14. The monoisotopic (exact) mass is 717 g/mol. The highest BCUT2D eigenvalue weighted by molar-refractivity contribution is 7.14. The number of benzene rings is 1. The van der Waals surface area contributed by atoms with Crippen LogP contribution in [0.5, 0.6) is 0 Å². The molecule has 1 unspecified atom stereocenters. The summed E-state index contributed by atoms with van der Waals surface area (Å²) in [5, 5.41) is 15.1. The van der Waals surface area contributed by atoms with Crippen LogP contribution in [0, 0.1) is 17.8 Å². The summed E-state index contributed by atoms with van der Waals surface area (Å²) in [5.74, 6) is 1.25. The topological polar surface area (TPSA) is 152 Å². The van der Waals surface area contributed by atoms with Gasteiger partial charge in [-0.3, -0.25) is 9.59 Å². The van der Waals surface area contributed by atoms with E-state index >= 15 is 0 Å². The van der Waals surface area contributed by atoms with Gasteiger partial charge in [-0.05, 0) is 66.5 Å². The van der Waals surface area contributed by atoms with Crippen LogP contribution in [0.3, 0.4) is 0 Å². The molecule has 1 saturated carbocycles. The summed E-state index contributed by atoms with van der Waals surface area (Å²) in [4.78, 5) is 51.9. The van der Waals surface area contributed by atoms with Crippen molar-refractivity contribution in [1.82, 2.24) is 20.6 Å². The third-order valence-electron chi connectivity index (χ3n) is 10.7. The Balaban J connectivity index is 1.20. The van der Waals surface area contributed by atoms with Gasteiger partial charge in [0.05, 0.1) is 29.5 Å². The highest BCUT2D eigenvalue weighted by atomic mass is 32.1. The van der Waals surface area contributed by atoms with Gasteiger partial charge < -0.3 is 26.4 Å². The molecule has 1 saturated heterocycles. The van der Waals surface area contributed by atoms with E-state index in [0.717, 1.165) is 52.5 Å². The standard InChI is InChI=1S/C40H56N6O4S/c1-5-6-26-7-11-28(12-8-26)29-18-21-46(22-19-29)31-24-42-36(43-25-31)30-13-9-27(10-14-30)23-33(37(47)44-32(17-20-41)39(49)50)45-38(48)34-15-16-35(51-34)40(2,3)4/h9-10,13-16,24-26,28-29,32-33H,5-8,11-12,17-23,41H2,1-4H3,(H,44,47)(H,45,48)(H,49,50)/p+1/t26?,28?,32?,33-/m0/s1. The van der Waals surface area contributed by atoms with E-state index in [2.05, 4.69) is 49.0 Å². The van der Waals surface area contributed by atoms with Crippen LogP contribution < -0.4 is 21.3 Å². The molecule has 0 bridgehead atoms. The predicted octanol–water partition coefficient (Wildman–Crippen LogP) is 5.87. The number of thiophene rings is 1. The Morgan fingerprint density at radius 1 is 0.922 bits per heavy atom. The number of hydrogen-bond donors (Lipinski definition) is 4. The lowest BCUT2D eigenvalue weighted by Crippen LogP contribution is -2.57. The Kier molecular flexibility index (Phi) is 13.2. The minimum atomic E-state index is -1.13. The molecule has 0 radical (unpaired) electrons. The highest BCUT2D eigenvalue weighted by Crippen LogP contribution is 2.39. The zero-order valence-electron chi connectivity index (χ0n) is 30.8. The van der Waals surface area contributed by atoms with Crippen LogP contribution in [0.25, 0.3) is 11.4 Å². The number of aromatic nitrogens is 2. The van der Waals surface area contributed by atoms with E-state index in [9.17, 15) is 19.5 Å². The molecule has 11 heteroatoms.